The van der Waals surface area contributed by atoms with Crippen LogP contribution in [-0.4, -0.2) is 30.9 Å². The number of nitrogens with zero attached hydrogens (tertiary/aromatic N) is 1. The maximum absolute atomic E-state index is 13.6. The van der Waals surface area contributed by atoms with Crippen molar-refractivity contribution in [2.75, 3.05) is 0 Å². The summed E-state index contributed by atoms with van der Waals surface area (Å²) in [5.74, 6) is 2.05. The molecule has 0 radical (unpaired) electrons. The van der Waals surface area contributed by atoms with Gasteiger partial charge in [-0.05, 0) is 106 Å². The summed E-state index contributed by atoms with van der Waals surface area (Å²) in [7, 11) is -4.50. The third-order valence-corrected chi connectivity index (χ3v) is 9.94. The van der Waals surface area contributed by atoms with Gasteiger partial charge in [-0.15, -0.1) is 0 Å². The van der Waals surface area contributed by atoms with E-state index in [0.29, 0.717) is 29.4 Å². The van der Waals surface area contributed by atoms with Crippen LogP contribution in [-0.2, 0) is 22.8 Å². The van der Waals surface area contributed by atoms with Gasteiger partial charge >= 0.3 is 22.3 Å². The molecule has 0 spiro atoms. The number of hydrogen-bond donors (Lipinski definition) is 1. The van der Waals surface area contributed by atoms with Gasteiger partial charge < -0.3 is 14.4 Å². The molecular weight excluding hydrogens is 529 g/mol. The minimum absolute atomic E-state index is 0.0319. The van der Waals surface area contributed by atoms with Gasteiger partial charge in [-0.3, -0.25) is 0 Å². The SMILES string of the molecule is CCC(C)N(Cc1cccc(OS(=O)(=O)c2cccc(C(F)(F)F)c2)c1)C(=O)NC12CC3CC(CC(C3)C1)C2. The highest BCUT2D eigenvalue weighted by atomic mass is 32.2. The van der Waals surface area contributed by atoms with E-state index in [9.17, 15) is 26.4 Å². The van der Waals surface area contributed by atoms with Crippen molar-refractivity contribution in [1.29, 1.82) is 0 Å². The first-order chi connectivity index (χ1) is 18.4. The summed E-state index contributed by atoms with van der Waals surface area (Å²) in [5.41, 5.74) is -0.551. The van der Waals surface area contributed by atoms with Crippen molar-refractivity contribution >= 4 is 16.1 Å². The van der Waals surface area contributed by atoms with E-state index in [1.807, 2.05) is 13.8 Å². The van der Waals surface area contributed by atoms with Crippen LogP contribution in [0.15, 0.2) is 53.4 Å². The number of urea groups is 1. The fourth-order valence-corrected chi connectivity index (χ4v) is 8.08. The van der Waals surface area contributed by atoms with Gasteiger partial charge in [0.05, 0.1) is 5.56 Å². The van der Waals surface area contributed by atoms with Crippen molar-refractivity contribution in [2.45, 2.75) is 88.0 Å². The molecule has 4 saturated carbocycles. The van der Waals surface area contributed by atoms with Gasteiger partial charge in [0.25, 0.3) is 0 Å². The summed E-state index contributed by atoms with van der Waals surface area (Å²) in [5, 5.41) is 3.42. The maximum atomic E-state index is 13.6. The largest absolute Gasteiger partial charge is 0.416 e. The van der Waals surface area contributed by atoms with Crippen LogP contribution < -0.4 is 9.50 Å². The Labute approximate surface area is 228 Å². The molecule has 4 fully saturated rings. The average molecular weight is 565 g/mol. The molecule has 1 atom stereocenters. The van der Waals surface area contributed by atoms with Crippen molar-refractivity contribution in [2.24, 2.45) is 17.8 Å². The minimum atomic E-state index is -4.68. The second kappa shape index (κ2) is 10.3. The summed E-state index contributed by atoms with van der Waals surface area (Å²) < 4.78 is 70.0. The number of carbonyl (C=O) groups is 1. The summed E-state index contributed by atoms with van der Waals surface area (Å²) in [6, 6.07) is 9.60. The van der Waals surface area contributed by atoms with Gasteiger partial charge in [0.1, 0.15) is 10.6 Å². The van der Waals surface area contributed by atoms with E-state index in [1.165, 1.54) is 31.4 Å². The minimum Gasteiger partial charge on any atom is -0.379 e. The summed E-state index contributed by atoms with van der Waals surface area (Å²) in [6.45, 7) is 4.24. The second-order valence-electron chi connectivity index (χ2n) is 11.7. The molecule has 0 heterocycles. The molecule has 2 aromatic rings. The van der Waals surface area contributed by atoms with Crippen LogP contribution >= 0.6 is 0 Å². The highest BCUT2D eigenvalue weighted by Gasteiger charge is 2.52. The summed E-state index contributed by atoms with van der Waals surface area (Å²) in [4.78, 5) is 14.8. The molecule has 0 aliphatic heterocycles. The Morgan fingerprint density at radius 1 is 1.05 bits per heavy atom. The third-order valence-electron chi connectivity index (χ3n) is 8.70. The number of benzene rings is 2. The van der Waals surface area contributed by atoms with Crippen LogP contribution in [0.5, 0.6) is 5.75 Å². The van der Waals surface area contributed by atoms with Gasteiger partial charge in [0.15, 0.2) is 0 Å². The molecule has 4 bridgehead atoms. The Morgan fingerprint density at radius 2 is 1.67 bits per heavy atom. The van der Waals surface area contributed by atoms with E-state index in [-0.39, 0.29) is 29.9 Å². The number of carbonyl (C=O) groups excluding carboxylic acids is 1. The third kappa shape index (κ3) is 6.05. The van der Waals surface area contributed by atoms with Gasteiger partial charge in [-0.2, -0.15) is 21.6 Å². The lowest BCUT2D eigenvalue weighted by molar-refractivity contribution is -0.137. The number of amides is 2. The first-order valence-corrected chi connectivity index (χ1v) is 15.1. The lowest BCUT2D eigenvalue weighted by Gasteiger charge is -2.57. The molecule has 212 valence electrons. The molecule has 4 aliphatic carbocycles. The van der Waals surface area contributed by atoms with Gasteiger partial charge in [-0.25, -0.2) is 4.79 Å². The number of nitrogens with one attached hydrogen (secondary N) is 1. The van der Waals surface area contributed by atoms with E-state index >= 15 is 0 Å². The standard InChI is InChI=1S/C29H35F3N2O4S/c1-3-19(2)34(27(35)33-28-15-21-10-22(16-28)12-23(11-21)17-28)18-20-6-4-8-25(13-20)38-39(36,37)26-9-5-7-24(14-26)29(30,31)32/h4-9,13-14,19,21-23H,3,10-12,15-18H2,1-2H3,(H,33,35). The lowest BCUT2D eigenvalue weighted by Crippen LogP contribution is -2.62. The molecule has 10 heteroatoms. The Bertz CT molecular complexity index is 1290. The fourth-order valence-electron chi connectivity index (χ4n) is 7.11. The van der Waals surface area contributed by atoms with Crippen molar-refractivity contribution in [3.8, 4) is 5.75 Å². The van der Waals surface area contributed by atoms with Crippen molar-refractivity contribution in [1.82, 2.24) is 10.2 Å². The predicted molar refractivity (Wildman–Crippen MR) is 140 cm³/mol. The smallest absolute Gasteiger partial charge is 0.379 e. The fraction of sp³-hybridized carbons (Fsp3) is 0.552. The van der Waals surface area contributed by atoms with E-state index in [4.69, 9.17) is 4.18 Å². The van der Waals surface area contributed by atoms with Gasteiger partial charge in [-0.1, -0.05) is 25.1 Å². The molecule has 39 heavy (non-hydrogen) atoms. The quantitative estimate of drug-likeness (QED) is 0.360. The Balaban J connectivity index is 1.31. The molecule has 0 aromatic heterocycles. The molecule has 0 saturated heterocycles. The Hall–Kier alpha value is -2.75. The maximum Gasteiger partial charge on any atom is 0.416 e. The summed E-state index contributed by atoms with van der Waals surface area (Å²) in [6.07, 6.45) is 3.01. The van der Waals surface area contributed by atoms with Gasteiger partial charge in [0, 0.05) is 18.1 Å². The molecular formula is C29H35F3N2O4S. The number of rotatable bonds is 8. The molecule has 6 nitrogen and oxygen atoms in total. The van der Waals surface area contributed by atoms with Gasteiger partial charge in [0.2, 0.25) is 0 Å². The van der Waals surface area contributed by atoms with Crippen molar-refractivity contribution in [3.05, 3.63) is 59.7 Å². The van der Waals surface area contributed by atoms with E-state index < -0.39 is 26.8 Å². The topological polar surface area (TPSA) is 75.7 Å². The first kappa shape index (κ1) is 27.8. The van der Waals surface area contributed by atoms with Crippen LogP contribution in [0.2, 0.25) is 0 Å². The average Bonchev–Trinajstić information content (AvgIpc) is 2.85. The van der Waals surface area contributed by atoms with Crippen LogP contribution in [0.4, 0.5) is 18.0 Å². The second-order valence-corrected chi connectivity index (χ2v) is 13.3. The zero-order valence-electron chi connectivity index (χ0n) is 22.2. The lowest BCUT2D eigenvalue weighted by atomic mass is 9.53. The van der Waals surface area contributed by atoms with Crippen LogP contribution in [0.25, 0.3) is 0 Å². The monoisotopic (exact) mass is 564 g/mol. The van der Waals surface area contributed by atoms with Crippen molar-refractivity contribution in [3.63, 3.8) is 0 Å². The first-order valence-electron chi connectivity index (χ1n) is 13.7. The van der Waals surface area contributed by atoms with E-state index in [1.54, 1.807) is 17.0 Å². The van der Waals surface area contributed by atoms with E-state index in [2.05, 4.69) is 5.32 Å². The molecule has 2 amide bonds. The van der Waals surface area contributed by atoms with Crippen LogP contribution in [0.1, 0.15) is 69.9 Å². The highest BCUT2D eigenvalue weighted by Crippen LogP contribution is 2.55. The molecule has 2 aromatic carbocycles. The molecule has 4 aliphatic rings. The Morgan fingerprint density at radius 3 is 2.26 bits per heavy atom. The highest BCUT2D eigenvalue weighted by molar-refractivity contribution is 7.87. The zero-order chi connectivity index (χ0) is 28.0. The predicted octanol–water partition coefficient (Wildman–Crippen LogP) is 6.75. The van der Waals surface area contributed by atoms with Crippen molar-refractivity contribution < 1.29 is 30.6 Å². The van der Waals surface area contributed by atoms with Crippen LogP contribution in [0, 0.1) is 17.8 Å². The zero-order valence-corrected chi connectivity index (χ0v) is 23.0. The molecule has 1 unspecified atom stereocenters. The normalized spacial score (nSPS) is 26.7. The van der Waals surface area contributed by atoms with E-state index in [0.717, 1.165) is 43.9 Å². The van der Waals surface area contributed by atoms with Crippen LogP contribution in [0.3, 0.4) is 0 Å². The number of halogens is 3. The number of hydrogen-bond acceptors (Lipinski definition) is 4. The molecule has 1 N–H and O–H groups in total. The molecule has 6 rings (SSSR count). The number of alkyl halides is 3. The summed E-state index contributed by atoms with van der Waals surface area (Å²) >= 11 is 0. The Kier molecular flexibility index (Phi) is 7.37.